The minimum Gasteiger partial charge on any atom is -0.507 e. The highest BCUT2D eigenvalue weighted by Gasteiger charge is 2.20. The Morgan fingerprint density at radius 2 is 1.64 bits per heavy atom. The van der Waals surface area contributed by atoms with Crippen LogP contribution in [0.25, 0.3) is 32.9 Å². The number of aromatic nitrogens is 1. The van der Waals surface area contributed by atoms with E-state index < -0.39 is 26.7 Å². The van der Waals surface area contributed by atoms with Crippen molar-refractivity contribution in [1.29, 1.82) is 0 Å². The van der Waals surface area contributed by atoms with Crippen LogP contribution in [0.15, 0.2) is 65.6 Å². The predicted octanol–water partition coefficient (Wildman–Crippen LogP) is 3.71. The molecule has 1 heterocycles. The van der Waals surface area contributed by atoms with E-state index in [1.807, 2.05) is 18.2 Å². The molecular formula is C20H13NO6S. The van der Waals surface area contributed by atoms with Crippen molar-refractivity contribution in [3.8, 4) is 17.0 Å². The highest BCUT2D eigenvalue weighted by Crippen LogP contribution is 2.37. The molecule has 0 unspecified atom stereocenters. The van der Waals surface area contributed by atoms with Crippen molar-refractivity contribution < 1.29 is 28.0 Å². The van der Waals surface area contributed by atoms with Gasteiger partial charge in [0.2, 0.25) is 0 Å². The van der Waals surface area contributed by atoms with Crippen LogP contribution >= 0.6 is 0 Å². The van der Waals surface area contributed by atoms with Crippen LogP contribution in [0.3, 0.4) is 0 Å². The van der Waals surface area contributed by atoms with E-state index >= 15 is 0 Å². The molecule has 0 saturated carbocycles. The Morgan fingerprint density at radius 3 is 2.29 bits per heavy atom. The number of nitrogens with zero attached hydrogens (tertiary/aromatic N) is 1. The van der Waals surface area contributed by atoms with Crippen LogP contribution < -0.4 is 0 Å². The first-order chi connectivity index (χ1) is 13.3. The Hall–Kier alpha value is -3.49. The zero-order valence-electron chi connectivity index (χ0n) is 14.2. The summed E-state index contributed by atoms with van der Waals surface area (Å²) in [5, 5.41) is 20.7. The summed E-state index contributed by atoms with van der Waals surface area (Å²) in [5.41, 5.74) is 1.45. The van der Waals surface area contributed by atoms with Crippen LogP contribution in [0.1, 0.15) is 10.4 Å². The standard InChI is InChI=1S/C20H13NO6S/c22-17-9-13(28(25,26)27)8-12-6-7-15-19(18(12)17)14(20(23)24)10-16(21-15)11-4-2-1-3-5-11/h1-10,22H,(H,23,24)(H,25,26,27). The third kappa shape index (κ3) is 2.94. The quantitative estimate of drug-likeness (QED) is 0.357. The van der Waals surface area contributed by atoms with Gasteiger partial charge in [0.25, 0.3) is 10.1 Å². The van der Waals surface area contributed by atoms with E-state index in [1.165, 1.54) is 18.2 Å². The first-order valence-corrected chi connectivity index (χ1v) is 9.56. The number of carbonyl (C=O) groups is 1. The largest absolute Gasteiger partial charge is 0.507 e. The number of aromatic hydroxyl groups is 1. The fourth-order valence-corrected chi connectivity index (χ4v) is 3.75. The maximum absolute atomic E-state index is 11.9. The molecule has 0 aliphatic rings. The number of carboxylic acid groups (broad SMARTS) is 1. The van der Waals surface area contributed by atoms with Crippen LogP contribution in [0.4, 0.5) is 0 Å². The minimum atomic E-state index is -4.53. The van der Waals surface area contributed by atoms with Gasteiger partial charge in [0.1, 0.15) is 5.75 Å². The summed E-state index contributed by atoms with van der Waals surface area (Å²) in [7, 11) is -4.53. The van der Waals surface area contributed by atoms with Crippen molar-refractivity contribution >= 4 is 37.8 Å². The molecule has 0 amide bonds. The third-order valence-electron chi connectivity index (χ3n) is 4.44. The Morgan fingerprint density at radius 1 is 0.929 bits per heavy atom. The number of pyridine rings is 1. The van der Waals surface area contributed by atoms with E-state index in [4.69, 9.17) is 0 Å². The number of phenols is 1. The van der Waals surface area contributed by atoms with Gasteiger partial charge in [0.05, 0.1) is 21.7 Å². The number of phenolic OH excluding ortho intramolecular Hbond substituents is 1. The van der Waals surface area contributed by atoms with Crippen LogP contribution in [0.5, 0.6) is 5.75 Å². The number of aromatic carboxylic acids is 1. The summed E-state index contributed by atoms with van der Waals surface area (Å²) < 4.78 is 32.1. The summed E-state index contributed by atoms with van der Waals surface area (Å²) >= 11 is 0. The van der Waals surface area contributed by atoms with Gasteiger partial charge in [0.15, 0.2) is 0 Å². The highest BCUT2D eigenvalue weighted by molar-refractivity contribution is 7.85. The van der Waals surface area contributed by atoms with E-state index in [2.05, 4.69) is 4.98 Å². The van der Waals surface area contributed by atoms with Gasteiger partial charge >= 0.3 is 5.97 Å². The molecule has 0 spiro atoms. The normalized spacial score (nSPS) is 11.8. The predicted molar refractivity (Wildman–Crippen MR) is 103 cm³/mol. The zero-order chi connectivity index (χ0) is 20.1. The van der Waals surface area contributed by atoms with E-state index in [0.29, 0.717) is 11.2 Å². The van der Waals surface area contributed by atoms with Gasteiger partial charge in [-0.1, -0.05) is 36.4 Å². The lowest BCUT2D eigenvalue weighted by molar-refractivity contribution is 0.0699. The van der Waals surface area contributed by atoms with Crippen molar-refractivity contribution in [2.75, 3.05) is 0 Å². The molecule has 0 aliphatic carbocycles. The number of rotatable bonds is 3. The monoisotopic (exact) mass is 395 g/mol. The van der Waals surface area contributed by atoms with Gasteiger partial charge < -0.3 is 10.2 Å². The molecule has 0 aliphatic heterocycles. The third-order valence-corrected chi connectivity index (χ3v) is 5.27. The van der Waals surface area contributed by atoms with Crippen LogP contribution in [0, 0.1) is 0 Å². The molecule has 3 aromatic carbocycles. The average molecular weight is 395 g/mol. The molecule has 4 aromatic rings. The molecule has 0 atom stereocenters. The molecule has 4 rings (SSSR count). The lowest BCUT2D eigenvalue weighted by Crippen LogP contribution is -2.02. The molecule has 0 saturated heterocycles. The van der Waals surface area contributed by atoms with E-state index in [0.717, 1.165) is 11.6 Å². The van der Waals surface area contributed by atoms with E-state index in [9.17, 15) is 28.0 Å². The van der Waals surface area contributed by atoms with Crippen molar-refractivity contribution in [2.45, 2.75) is 4.90 Å². The summed E-state index contributed by atoms with van der Waals surface area (Å²) in [6.07, 6.45) is 0. The Balaban J connectivity index is 2.12. The van der Waals surface area contributed by atoms with E-state index in [-0.39, 0.29) is 21.7 Å². The number of hydrogen-bond donors (Lipinski definition) is 3. The number of carboxylic acids is 1. The fourth-order valence-electron chi connectivity index (χ4n) is 3.22. The summed E-state index contributed by atoms with van der Waals surface area (Å²) in [5.74, 6) is -1.68. The van der Waals surface area contributed by atoms with Crippen LogP contribution in [-0.2, 0) is 10.1 Å². The van der Waals surface area contributed by atoms with Gasteiger partial charge in [-0.15, -0.1) is 0 Å². The molecular weight excluding hydrogens is 382 g/mol. The number of fused-ring (bicyclic) bond motifs is 3. The maximum Gasteiger partial charge on any atom is 0.336 e. The molecule has 7 nitrogen and oxygen atoms in total. The second kappa shape index (κ2) is 6.29. The van der Waals surface area contributed by atoms with E-state index in [1.54, 1.807) is 18.2 Å². The molecule has 0 radical (unpaired) electrons. The number of benzene rings is 3. The van der Waals surface area contributed by atoms with Gasteiger partial charge in [-0.3, -0.25) is 4.55 Å². The van der Waals surface area contributed by atoms with Gasteiger partial charge in [-0.2, -0.15) is 8.42 Å². The summed E-state index contributed by atoms with van der Waals surface area (Å²) in [6, 6.07) is 15.6. The summed E-state index contributed by atoms with van der Waals surface area (Å²) in [6.45, 7) is 0. The molecule has 8 heteroatoms. The van der Waals surface area contributed by atoms with Crippen molar-refractivity contribution in [3.05, 3.63) is 66.2 Å². The molecule has 1 aromatic heterocycles. The highest BCUT2D eigenvalue weighted by atomic mass is 32.2. The summed E-state index contributed by atoms with van der Waals surface area (Å²) in [4.78, 5) is 16.0. The van der Waals surface area contributed by atoms with Crippen molar-refractivity contribution in [2.24, 2.45) is 0 Å². The van der Waals surface area contributed by atoms with Gasteiger partial charge in [0, 0.05) is 22.4 Å². The van der Waals surface area contributed by atoms with Crippen LogP contribution in [0.2, 0.25) is 0 Å². The topological polar surface area (TPSA) is 125 Å². The zero-order valence-corrected chi connectivity index (χ0v) is 15.0. The van der Waals surface area contributed by atoms with Crippen LogP contribution in [-0.4, -0.2) is 34.1 Å². The molecule has 140 valence electrons. The molecule has 0 fully saturated rings. The van der Waals surface area contributed by atoms with Gasteiger partial charge in [-0.25, -0.2) is 9.78 Å². The first kappa shape index (κ1) is 17.9. The lowest BCUT2D eigenvalue weighted by Gasteiger charge is -2.12. The van der Waals surface area contributed by atoms with Crippen molar-refractivity contribution in [3.63, 3.8) is 0 Å². The second-order valence-electron chi connectivity index (χ2n) is 6.20. The number of hydrogen-bond acceptors (Lipinski definition) is 5. The first-order valence-electron chi connectivity index (χ1n) is 8.12. The van der Waals surface area contributed by atoms with Crippen molar-refractivity contribution in [1.82, 2.24) is 4.98 Å². The Bertz CT molecular complexity index is 1360. The lowest BCUT2D eigenvalue weighted by atomic mass is 9.98. The smallest absolute Gasteiger partial charge is 0.336 e. The average Bonchev–Trinajstić information content (AvgIpc) is 2.66. The minimum absolute atomic E-state index is 0.0793. The second-order valence-corrected chi connectivity index (χ2v) is 7.62. The Labute approximate surface area is 159 Å². The molecule has 28 heavy (non-hydrogen) atoms. The van der Waals surface area contributed by atoms with Gasteiger partial charge in [-0.05, 0) is 23.6 Å². The SMILES string of the molecule is O=C(O)c1cc(-c2ccccc2)nc2ccc3cc(S(=O)(=O)O)cc(O)c3c12. The fraction of sp³-hybridized carbons (Fsp3) is 0. The maximum atomic E-state index is 11.9. The molecule has 3 N–H and O–H groups in total. The Kier molecular flexibility index (Phi) is 4.02. The molecule has 0 bridgehead atoms.